The van der Waals surface area contributed by atoms with E-state index in [1.807, 2.05) is 0 Å². The number of benzene rings is 1. The Labute approximate surface area is 102 Å². The van der Waals surface area contributed by atoms with Gasteiger partial charge in [-0.2, -0.15) is 0 Å². The molecule has 0 saturated carbocycles. The quantitative estimate of drug-likeness (QED) is 0.653. The Hall–Kier alpha value is -2.83. The fourth-order valence-electron chi connectivity index (χ4n) is 1.28. The van der Waals surface area contributed by atoms with Crippen LogP contribution >= 0.6 is 0 Å². The van der Waals surface area contributed by atoms with Crippen molar-refractivity contribution in [1.82, 2.24) is 9.97 Å². The number of anilines is 1. The predicted octanol–water partition coefficient (Wildman–Crippen LogP) is 1.64. The van der Waals surface area contributed by atoms with Crippen LogP contribution in [0.4, 0.5) is 11.8 Å². The first-order chi connectivity index (χ1) is 8.66. The second-order valence-electron chi connectivity index (χ2n) is 3.32. The number of nitrogens with zero attached hydrogens (tertiary/aromatic N) is 3. The molecule has 0 spiro atoms. The van der Waals surface area contributed by atoms with Crippen LogP contribution in [0.1, 0.15) is 10.4 Å². The first kappa shape index (κ1) is 11.6. The Morgan fingerprint density at radius 1 is 1.22 bits per heavy atom. The molecule has 0 aliphatic carbocycles. The van der Waals surface area contributed by atoms with Crippen molar-refractivity contribution in [2.24, 2.45) is 0 Å². The minimum absolute atomic E-state index is 0.0885. The summed E-state index contributed by atoms with van der Waals surface area (Å²) >= 11 is 0. The number of aromatic nitrogens is 2. The summed E-state index contributed by atoms with van der Waals surface area (Å²) in [5.74, 6) is -0.852. The van der Waals surface area contributed by atoms with Gasteiger partial charge in [0.15, 0.2) is 0 Å². The lowest BCUT2D eigenvalue weighted by atomic mass is 10.2. The van der Waals surface area contributed by atoms with Gasteiger partial charge in [-0.1, -0.05) is 23.2 Å². The molecule has 1 aromatic heterocycles. The molecule has 1 heterocycles. The number of nitro groups is 1. The van der Waals surface area contributed by atoms with Crippen LogP contribution in [0.2, 0.25) is 0 Å². The average Bonchev–Trinajstić information content (AvgIpc) is 2.40. The SMILES string of the molecule is O=C(Nc1ccnc([N+](=O)[O-])n1)c1ccccc1. The highest BCUT2D eigenvalue weighted by molar-refractivity contribution is 6.03. The molecule has 1 aromatic carbocycles. The number of hydrogen-bond acceptors (Lipinski definition) is 5. The van der Waals surface area contributed by atoms with E-state index < -0.39 is 10.9 Å². The van der Waals surface area contributed by atoms with Crippen molar-refractivity contribution < 1.29 is 9.72 Å². The van der Waals surface area contributed by atoms with E-state index in [-0.39, 0.29) is 11.7 Å². The smallest absolute Gasteiger partial charge is 0.390 e. The summed E-state index contributed by atoms with van der Waals surface area (Å²) in [5.41, 5.74) is 0.443. The molecule has 1 amide bonds. The van der Waals surface area contributed by atoms with Crippen LogP contribution < -0.4 is 5.32 Å². The first-order valence-electron chi connectivity index (χ1n) is 5.00. The van der Waals surface area contributed by atoms with Crippen molar-refractivity contribution in [2.45, 2.75) is 0 Å². The molecule has 1 N–H and O–H groups in total. The van der Waals surface area contributed by atoms with E-state index in [0.29, 0.717) is 5.56 Å². The number of rotatable bonds is 3. The van der Waals surface area contributed by atoms with Gasteiger partial charge in [-0.05, 0) is 22.0 Å². The summed E-state index contributed by atoms with van der Waals surface area (Å²) in [6.45, 7) is 0. The lowest BCUT2D eigenvalue weighted by Gasteiger charge is -2.01. The molecule has 0 fully saturated rings. The van der Waals surface area contributed by atoms with Crippen molar-refractivity contribution in [1.29, 1.82) is 0 Å². The van der Waals surface area contributed by atoms with E-state index in [9.17, 15) is 14.9 Å². The largest absolute Gasteiger partial charge is 0.470 e. The van der Waals surface area contributed by atoms with E-state index in [2.05, 4.69) is 15.3 Å². The van der Waals surface area contributed by atoms with E-state index in [4.69, 9.17) is 0 Å². The van der Waals surface area contributed by atoms with Crippen molar-refractivity contribution in [3.8, 4) is 0 Å². The molecule has 0 aliphatic heterocycles. The van der Waals surface area contributed by atoms with Crippen LogP contribution in [-0.4, -0.2) is 20.8 Å². The van der Waals surface area contributed by atoms with Crippen molar-refractivity contribution in [2.75, 3.05) is 5.32 Å². The van der Waals surface area contributed by atoms with Crippen molar-refractivity contribution >= 4 is 17.7 Å². The monoisotopic (exact) mass is 244 g/mol. The summed E-state index contributed by atoms with van der Waals surface area (Å²) in [7, 11) is 0. The van der Waals surface area contributed by atoms with Crippen molar-refractivity contribution in [3.05, 3.63) is 58.3 Å². The highest BCUT2D eigenvalue weighted by atomic mass is 16.6. The first-order valence-corrected chi connectivity index (χ1v) is 5.00. The number of carbonyl (C=O) groups excluding carboxylic acids is 1. The third-order valence-electron chi connectivity index (χ3n) is 2.08. The van der Waals surface area contributed by atoms with Crippen LogP contribution in [0, 0.1) is 10.1 Å². The summed E-state index contributed by atoms with van der Waals surface area (Å²) < 4.78 is 0. The fraction of sp³-hybridized carbons (Fsp3) is 0. The maximum atomic E-state index is 11.8. The molecule has 7 nitrogen and oxygen atoms in total. The lowest BCUT2D eigenvalue weighted by molar-refractivity contribution is -0.394. The summed E-state index contributed by atoms with van der Waals surface area (Å²) in [6, 6.07) is 9.87. The lowest BCUT2D eigenvalue weighted by Crippen LogP contribution is -2.13. The van der Waals surface area contributed by atoms with Gasteiger partial charge in [0.2, 0.25) is 5.82 Å². The predicted molar refractivity (Wildman–Crippen MR) is 63.1 cm³/mol. The van der Waals surface area contributed by atoms with Gasteiger partial charge >= 0.3 is 5.95 Å². The van der Waals surface area contributed by atoms with Gasteiger partial charge in [0.1, 0.15) is 6.20 Å². The number of hydrogen-bond donors (Lipinski definition) is 1. The van der Waals surface area contributed by atoms with Gasteiger partial charge in [-0.3, -0.25) is 10.1 Å². The second-order valence-corrected chi connectivity index (χ2v) is 3.32. The number of amides is 1. The Morgan fingerprint density at radius 3 is 2.61 bits per heavy atom. The third-order valence-corrected chi connectivity index (χ3v) is 2.08. The molecule has 0 unspecified atom stereocenters. The van der Waals surface area contributed by atoms with E-state index in [1.54, 1.807) is 30.3 Å². The van der Waals surface area contributed by atoms with Gasteiger partial charge < -0.3 is 10.1 Å². The summed E-state index contributed by atoms with van der Waals surface area (Å²) in [6.07, 6.45) is 1.21. The molecule has 7 heteroatoms. The highest BCUT2D eigenvalue weighted by Gasteiger charge is 2.13. The maximum Gasteiger partial charge on any atom is 0.470 e. The molecule has 90 valence electrons. The van der Waals surface area contributed by atoms with E-state index in [0.717, 1.165) is 0 Å². The molecule has 0 atom stereocenters. The minimum Gasteiger partial charge on any atom is -0.390 e. The number of carbonyl (C=O) groups is 1. The summed E-state index contributed by atoms with van der Waals surface area (Å²) in [4.78, 5) is 28.6. The molecule has 0 saturated heterocycles. The van der Waals surface area contributed by atoms with Gasteiger partial charge in [-0.25, -0.2) is 0 Å². The molecule has 2 aromatic rings. The molecule has 2 rings (SSSR count). The van der Waals surface area contributed by atoms with Crippen LogP contribution in [0.5, 0.6) is 0 Å². The van der Waals surface area contributed by atoms with E-state index in [1.165, 1.54) is 12.3 Å². The zero-order valence-electron chi connectivity index (χ0n) is 9.11. The van der Waals surface area contributed by atoms with Crippen LogP contribution in [0.25, 0.3) is 0 Å². The third kappa shape index (κ3) is 2.64. The average molecular weight is 244 g/mol. The normalized spacial score (nSPS) is 9.78. The van der Waals surface area contributed by atoms with Gasteiger partial charge in [0.05, 0.1) is 0 Å². The van der Waals surface area contributed by atoms with Crippen LogP contribution in [0.3, 0.4) is 0 Å². The summed E-state index contributed by atoms with van der Waals surface area (Å²) in [5, 5.41) is 12.9. The Bertz CT molecular complexity index is 586. The molecule has 0 radical (unpaired) electrons. The number of nitrogens with one attached hydrogen (secondary N) is 1. The standard InChI is InChI=1S/C11H8N4O3/c16-10(8-4-2-1-3-5-8)13-9-6-7-12-11(14-9)15(17)18/h1-7H,(H,12,13,14,16). The minimum atomic E-state index is -0.724. The Balaban J connectivity index is 2.17. The maximum absolute atomic E-state index is 11.8. The molecular formula is C11H8N4O3. The second kappa shape index (κ2) is 5.00. The Kier molecular flexibility index (Phi) is 3.24. The molecule has 18 heavy (non-hydrogen) atoms. The highest BCUT2D eigenvalue weighted by Crippen LogP contribution is 2.09. The topological polar surface area (TPSA) is 98.0 Å². The Morgan fingerprint density at radius 2 is 1.94 bits per heavy atom. The van der Waals surface area contributed by atoms with Gasteiger partial charge in [0, 0.05) is 11.6 Å². The van der Waals surface area contributed by atoms with Gasteiger partial charge in [0.25, 0.3) is 5.91 Å². The van der Waals surface area contributed by atoms with Gasteiger partial charge in [-0.15, -0.1) is 0 Å². The van der Waals surface area contributed by atoms with Crippen molar-refractivity contribution in [3.63, 3.8) is 0 Å². The van der Waals surface area contributed by atoms with Crippen LogP contribution in [0.15, 0.2) is 42.6 Å². The molecular weight excluding hydrogens is 236 g/mol. The molecule has 0 aliphatic rings. The van der Waals surface area contributed by atoms with E-state index >= 15 is 0 Å². The zero-order valence-corrected chi connectivity index (χ0v) is 9.11. The fourth-order valence-corrected chi connectivity index (χ4v) is 1.28. The molecule has 0 bridgehead atoms. The van der Waals surface area contributed by atoms with Crippen LogP contribution in [-0.2, 0) is 0 Å². The zero-order chi connectivity index (χ0) is 13.0.